The Kier molecular flexibility index (Phi) is 9.64. The molecule has 43 heavy (non-hydrogen) atoms. The third kappa shape index (κ3) is 6.47. The van der Waals surface area contributed by atoms with Gasteiger partial charge < -0.3 is 14.2 Å². The Labute approximate surface area is 253 Å². The minimum atomic E-state index is -5.70. The zero-order valence-electron chi connectivity index (χ0n) is 26.1. The lowest BCUT2D eigenvalue weighted by molar-refractivity contribution is -0.221. The van der Waals surface area contributed by atoms with Gasteiger partial charge in [-0.15, -0.1) is 0 Å². The van der Waals surface area contributed by atoms with Crippen LogP contribution in [0.1, 0.15) is 99.3 Å². The lowest BCUT2D eigenvalue weighted by atomic mass is 9.42. The molecule has 0 aromatic heterocycles. The predicted molar refractivity (Wildman–Crippen MR) is 152 cm³/mol. The molecule has 12 heteroatoms. The zero-order valence-corrected chi connectivity index (χ0v) is 27.0. The highest BCUT2D eigenvalue weighted by Crippen LogP contribution is 2.69. The van der Waals surface area contributed by atoms with E-state index in [4.69, 9.17) is 14.0 Å². The van der Waals surface area contributed by atoms with Crippen molar-refractivity contribution in [3.8, 4) is 0 Å². The molecule has 0 radical (unpaired) electrons. The SMILES string of the molecule is CC(=O)OC1CC2CC(C)CCC2(C)C2CC(OC(C)=O)C3(C)C(C(C)CCC(=O)OCC(F)(F)S(=O)(=O)O)CCC3C12. The Morgan fingerprint density at radius 1 is 1.00 bits per heavy atom. The maximum atomic E-state index is 13.5. The summed E-state index contributed by atoms with van der Waals surface area (Å²) >= 11 is 0. The van der Waals surface area contributed by atoms with Gasteiger partial charge in [0.25, 0.3) is 0 Å². The fourth-order valence-corrected chi connectivity index (χ4v) is 10.1. The fourth-order valence-electron chi connectivity index (χ4n) is 9.89. The number of fused-ring (bicyclic) bond motifs is 5. The van der Waals surface area contributed by atoms with E-state index in [0.29, 0.717) is 24.7 Å². The van der Waals surface area contributed by atoms with E-state index in [1.807, 2.05) is 6.92 Å². The predicted octanol–water partition coefficient (Wildman–Crippen LogP) is 5.80. The van der Waals surface area contributed by atoms with E-state index in [0.717, 1.165) is 38.5 Å². The van der Waals surface area contributed by atoms with Gasteiger partial charge in [0.15, 0.2) is 6.61 Å². The van der Waals surface area contributed by atoms with Crippen LogP contribution in [0, 0.1) is 52.3 Å². The van der Waals surface area contributed by atoms with Gasteiger partial charge in [-0.05, 0) is 85.9 Å². The van der Waals surface area contributed by atoms with E-state index in [9.17, 15) is 31.6 Å². The summed E-state index contributed by atoms with van der Waals surface area (Å²) in [6.07, 6.45) is 5.98. The molecule has 1 N–H and O–H groups in total. The molecule has 4 fully saturated rings. The van der Waals surface area contributed by atoms with Gasteiger partial charge >= 0.3 is 33.3 Å². The van der Waals surface area contributed by atoms with Crippen LogP contribution in [0.3, 0.4) is 0 Å². The average Bonchev–Trinajstić information content (AvgIpc) is 3.24. The second kappa shape index (κ2) is 12.2. The highest BCUT2D eigenvalue weighted by Gasteiger charge is 2.67. The van der Waals surface area contributed by atoms with Crippen molar-refractivity contribution in [3.63, 3.8) is 0 Å². The number of carbonyl (C=O) groups is 3. The van der Waals surface area contributed by atoms with Gasteiger partial charge in [0.1, 0.15) is 12.2 Å². The first-order valence-electron chi connectivity index (χ1n) is 15.7. The van der Waals surface area contributed by atoms with Crippen molar-refractivity contribution < 1.29 is 50.3 Å². The van der Waals surface area contributed by atoms with Crippen molar-refractivity contribution in [2.45, 2.75) is 117 Å². The van der Waals surface area contributed by atoms with E-state index in [1.54, 1.807) is 0 Å². The number of ether oxygens (including phenoxy) is 3. The van der Waals surface area contributed by atoms with Gasteiger partial charge in [-0.2, -0.15) is 17.2 Å². The van der Waals surface area contributed by atoms with Gasteiger partial charge in [0.2, 0.25) is 0 Å². The maximum absolute atomic E-state index is 13.5. The molecule has 4 aliphatic carbocycles. The molecule has 9 nitrogen and oxygen atoms in total. The largest absolute Gasteiger partial charge is 0.462 e. The molecule has 0 heterocycles. The molecule has 0 spiro atoms. The molecule has 0 aromatic rings. The smallest absolute Gasteiger partial charge is 0.402 e. The van der Waals surface area contributed by atoms with Crippen molar-refractivity contribution >= 4 is 28.0 Å². The Balaban J connectivity index is 1.58. The molecule has 0 aromatic carbocycles. The van der Waals surface area contributed by atoms with Gasteiger partial charge in [0.05, 0.1) is 0 Å². The first-order valence-corrected chi connectivity index (χ1v) is 17.1. The second-order valence-corrected chi connectivity index (χ2v) is 16.0. The number of alkyl halides is 2. The summed E-state index contributed by atoms with van der Waals surface area (Å²) in [5.74, 6) is -0.198. The molecule has 246 valence electrons. The van der Waals surface area contributed by atoms with Crippen molar-refractivity contribution in [2.24, 2.45) is 52.3 Å². The monoisotopic (exact) mass is 634 g/mol. The Morgan fingerprint density at radius 3 is 2.26 bits per heavy atom. The van der Waals surface area contributed by atoms with E-state index in [2.05, 4.69) is 25.5 Å². The summed E-state index contributed by atoms with van der Waals surface area (Å²) in [4.78, 5) is 37.1. The minimum absolute atomic E-state index is 0.0322. The summed E-state index contributed by atoms with van der Waals surface area (Å²) in [5.41, 5.74) is -0.414. The number of rotatable bonds is 9. The van der Waals surface area contributed by atoms with Crippen LogP contribution in [-0.4, -0.2) is 54.9 Å². The van der Waals surface area contributed by atoms with Crippen LogP contribution in [0.25, 0.3) is 0 Å². The highest BCUT2D eigenvalue weighted by molar-refractivity contribution is 7.86. The molecule has 4 saturated carbocycles. The van der Waals surface area contributed by atoms with E-state index < -0.39 is 33.4 Å². The van der Waals surface area contributed by atoms with Crippen LogP contribution in [0.4, 0.5) is 8.78 Å². The van der Waals surface area contributed by atoms with Gasteiger partial charge in [-0.3, -0.25) is 18.9 Å². The third-order valence-electron chi connectivity index (χ3n) is 12.0. The highest BCUT2D eigenvalue weighted by atomic mass is 32.2. The maximum Gasteiger partial charge on any atom is 0.402 e. The van der Waals surface area contributed by atoms with Crippen LogP contribution in [-0.2, 0) is 38.7 Å². The first kappa shape index (κ1) is 34.1. The summed E-state index contributed by atoms with van der Waals surface area (Å²) in [6.45, 7) is 9.93. The zero-order chi connectivity index (χ0) is 32.1. The lowest BCUT2D eigenvalue weighted by Crippen LogP contribution is -2.63. The topological polar surface area (TPSA) is 133 Å². The minimum Gasteiger partial charge on any atom is -0.462 e. The molecule has 0 amide bonds. The number of hydrogen-bond donors (Lipinski definition) is 1. The third-order valence-corrected chi connectivity index (χ3v) is 12.8. The van der Waals surface area contributed by atoms with Gasteiger partial charge in [0, 0.05) is 31.6 Å². The second-order valence-electron chi connectivity index (χ2n) is 14.4. The molecular weight excluding hydrogens is 586 g/mol. The number of esters is 3. The number of halogens is 2. The standard InChI is InChI=1S/C31H48F2O9S/c1-17-11-12-29(5)21(13-17)14-25(41-19(3)34)28-23-9-8-22(30(23,6)26(15-24(28)29)42-20(4)35)18(2)7-10-27(36)40-16-31(32,33)43(37,38)39/h17-18,21-26,28H,7-16H2,1-6H3,(H,37,38,39). The quantitative estimate of drug-likeness (QED) is 0.190. The molecule has 11 atom stereocenters. The van der Waals surface area contributed by atoms with E-state index in [1.165, 1.54) is 13.8 Å². The van der Waals surface area contributed by atoms with Crippen LogP contribution < -0.4 is 0 Å². The van der Waals surface area contributed by atoms with Crippen LogP contribution in [0.15, 0.2) is 0 Å². The molecule has 0 aliphatic heterocycles. The Bertz CT molecular complexity index is 1190. The number of hydrogen-bond acceptors (Lipinski definition) is 8. The van der Waals surface area contributed by atoms with Crippen LogP contribution >= 0.6 is 0 Å². The summed E-state index contributed by atoms with van der Waals surface area (Å²) in [6, 6.07) is 0. The van der Waals surface area contributed by atoms with Crippen LogP contribution in [0.2, 0.25) is 0 Å². The lowest BCUT2D eigenvalue weighted by Gasteiger charge is -2.64. The number of carbonyl (C=O) groups excluding carboxylic acids is 3. The molecule has 4 rings (SSSR count). The molecule has 0 bridgehead atoms. The normalized spacial score (nSPS) is 39.9. The summed E-state index contributed by atoms with van der Waals surface area (Å²) in [7, 11) is -5.70. The Hall–Kier alpha value is -1.82. The molecule has 4 aliphatic rings. The molecule has 11 unspecified atom stereocenters. The molecule has 0 saturated heterocycles. The van der Waals surface area contributed by atoms with Crippen molar-refractivity contribution in [1.82, 2.24) is 0 Å². The molecular formula is C31H48F2O9S. The van der Waals surface area contributed by atoms with E-state index >= 15 is 0 Å². The van der Waals surface area contributed by atoms with Crippen molar-refractivity contribution in [2.75, 3.05) is 6.61 Å². The summed E-state index contributed by atoms with van der Waals surface area (Å²) in [5, 5.41) is -4.58. The Morgan fingerprint density at radius 2 is 1.65 bits per heavy atom. The average molecular weight is 635 g/mol. The van der Waals surface area contributed by atoms with Gasteiger partial charge in [-0.25, -0.2) is 0 Å². The fraction of sp³-hybridized carbons (Fsp3) is 0.903. The van der Waals surface area contributed by atoms with Gasteiger partial charge in [-0.1, -0.05) is 34.1 Å². The van der Waals surface area contributed by atoms with E-state index in [-0.39, 0.29) is 65.6 Å². The van der Waals surface area contributed by atoms with Crippen molar-refractivity contribution in [1.29, 1.82) is 0 Å². The first-order chi connectivity index (χ1) is 19.8. The van der Waals surface area contributed by atoms with Crippen LogP contribution in [0.5, 0.6) is 0 Å². The summed E-state index contributed by atoms with van der Waals surface area (Å²) < 4.78 is 74.1. The van der Waals surface area contributed by atoms with Crippen molar-refractivity contribution in [3.05, 3.63) is 0 Å².